The van der Waals surface area contributed by atoms with E-state index in [1.807, 2.05) is 0 Å². The number of hydrogen-bond acceptors (Lipinski definition) is 2. The summed E-state index contributed by atoms with van der Waals surface area (Å²) < 4.78 is 4.91. The Bertz CT molecular complexity index is 109. The summed E-state index contributed by atoms with van der Waals surface area (Å²) in [6, 6.07) is 1.09. The molecule has 0 aliphatic rings. The predicted molar refractivity (Wildman–Crippen MR) is 49.7 cm³/mol. The highest BCUT2D eigenvalue weighted by molar-refractivity contribution is 6.34. The molecule has 0 aromatic heterocycles. The van der Waals surface area contributed by atoms with Gasteiger partial charge in [-0.1, -0.05) is 26.2 Å². The van der Waals surface area contributed by atoms with Gasteiger partial charge in [-0.05, 0) is 6.04 Å². The number of alkyl halides is 1. The summed E-state index contributed by atoms with van der Waals surface area (Å²) in [5, 5.41) is 0. The van der Waals surface area contributed by atoms with Crippen LogP contribution in [0, 0.1) is 0 Å². The molecule has 0 unspecified atom stereocenters. The summed E-state index contributed by atoms with van der Waals surface area (Å²) in [5.74, 6) is -0.254. The van der Waals surface area contributed by atoms with Gasteiger partial charge in [0.25, 0.3) is 0 Å². The Kier molecular flexibility index (Phi) is 8.06. The summed E-state index contributed by atoms with van der Waals surface area (Å²) in [4.78, 5) is 10.5. The van der Waals surface area contributed by atoms with E-state index in [9.17, 15) is 4.79 Å². The quantitative estimate of drug-likeness (QED) is 0.364. The molecule has 0 spiro atoms. The minimum absolute atomic E-state index is 0.000772. The zero-order valence-corrected chi connectivity index (χ0v) is 9.11. The van der Waals surface area contributed by atoms with Gasteiger partial charge in [0.2, 0.25) is 9.76 Å². The first-order chi connectivity index (χ1) is 5.31. The second-order valence-electron chi connectivity index (χ2n) is 2.41. The Morgan fingerprint density at radius 3 is 2.82 bits per heavy atom. The van der Waals surface area contributed by atoms with E-state index in [2.05, 4.69) is 6.92 Å². The summed E-state index contributed by atoms with van der Waals surface area (Å²) in [6.07, 6.45) is 3.65. The predicted octanol–water partition coefficient (Wildman–Crippen LogP) is 1.46. The van der Waals surface area contributed by atoms with Crippen LogP contribution in [0.1, 0.15) is 26.2 Å². The summed E-state index contributed by atoms with van der Waals surface area (Å²) >= 11 is 5.24. The van der Waals surface area contributed by atoms with Gasteiger partial charge in [0.05, 0.1) is 0 Å². The molecule has 0 radical (unpaired) electrons. The van der Waals surface area contributed by atoms with Crippen molar-refractivity contribution in [3.05, 3.63) is 0 Å². The van der Waals surface area contributed by atoms with Crippen molar-refractivity contribution in [2.45, 2.75) is 32.2 Å². The fourth-order valence-corrected chi connectivity index (χ4v) is 1.99. The van der Waals surface area contributed by atoms with Crippen molar-refractivity contribution >= 4 is 27.3 Å². The second kappa shape index (κ2) is 8.08. The molecule has 4 heteroatoms. The van der Waals surface area contributed by atoms with Crippen molar-refractivity contribution in [2.75, 3.05) is 5.88 Å². The minimum Gasteiger partial charge on any atom is -0.524 e. The smallest absolute Gasteiger partial charge is 0.307 e. The molecule has 0 aliphatic heterocycles. The number of rotatable bonds is 6. The van der Waals surface area contributed by atoms with Crippen LogP contribution in [0.5, 0.6) is 0 Å². The number of carbonyl (C=O) groups excluding carboxylic acids is 1. The van der Waals surface area contributed by atoms with Crippen LogP contribution >= 0.6 is 11.6 Å². The van der Waals surface area contributed by atoms with Crippen LogP contribution in [-0.4, -0.2) is 21.6 Å². The molecule has 66 valence electrons. The Morgan fingerprint density at radius 1 is 1.55 bits per heavy atom. The Balaban J connectivity index is 2.95. The summed E-state index contributed by atoms with van der Waals surface area (Å²) in [6.45, 7) is 2.16. The fraction of sp³-hybridized carbons (Fsp3) is 0.857. The Labute approximate surface area is 75.2 Å². The molecule has 0 aromatic rings. The van der Waals surface area contributed by atoms with Crippen LogP contribution in [-0.2, 0) is 9.22 Å². The molecule has 11 heavy (non-hydrogen) atoms. The molecular weight excluding hydrogens is 180 g/mol. The zero-order valence-electron chi connectivity index (χ0n) is 6.94. The van der Waals surface area contributed by atoms with Crippen molar-refractivity contribution < 1.29 is 9.22 Å². The standard InChI is InChI=1S/C7H15ClO2Si/c1-2-3-4-5-11-10-7(9)6-8/h2-6,11H2,1H3. The molecule has 0 aromatic carbocycles. The average molecular weight is 195 g/mol. The number of unbranched alkanes of at least 4 members (excludes halogenated alkanes) is 2. The lowest BCUT2D eigenvalue weighted by Gasteiger charge is -2.00. The second-order valence-corrected chi connectivity index (χ2v) is 4.09. The van der Waals surface area contributed by atoms with Gasteiger partial charge in [0, 0.05) is 0 Å². The summed E-state index contributed by atoms with van der Waals surface area (Å²) in [5.41, 5.74) is 0. The van der Waals surface area contributed by atoms with Gasteiger partial charge >= 0.3 is 5.97 Å². The van der Waals surface area contributed by atoms with Gasteiger partial charge in [0.15, 0.2) is 0 Å². The van der Waals surface area contributed by atoms with Crippen LogP contribution in [0.4, 0.5) is 0 Å². The van der Waals surface area contributed by atoms with Gasteiger partial charge in [0.1, 0.15) is 5.88 Å². The van der Waals surface area contributed by atoms with E-state index in [-0.39, 0.29) is 11.8 Å². The molecule has 0 atom stereocenters. The molecule has 0 bridgehead atoms. The number of halogens is 1. The van der Waals surface area contributed by atoms with E-state index in [0.717, 1.165) is 6.04 Å². The van der Waals surface area contributed by atoms with Crippen LogP contribution in [0.2, 0.25) is 6.04 Å². The van der Waals surface area contributed by atoms with Gasteiger partial charge in [-0.25, -0.2) is 0 Å². The highest BCUT2D eigenvalue weighted by atomic mass is 35.5. The highest BCUT2D eigenvalue weighted by Gasteiger charge is 1.97. The third kappa shape index (κ3) is 7.88. The maximum Gasteiger partial charge on any atom is 0.307 e. The van der Waals surface area contributed by atoms with E-state index in [1.165, 1.54) is 19.3 Å². The number of hydrogen-bond donors (Lipinski definition) is 0. The molecule has 2 nitrogen and oxygen atoms in total. The maximum atomic E-state index is 10.5. The first kappa shape index (κ1) is 11.0. The zero-order chi connectivity index (χ0) is 8.53. The molecule has 0 amide bonds. The molecule has 0 rings (SSSR count). The molecule has 0 aliphatic carbocycles. The molecular formula is C7H15ClO2Si. The van der Waals surface area contributed by atoms with E-state index in [1.54, 1.807) is 0 Å². The van der Waals surface area contributed by atoms with Crippen molar-refractivity contribution in [3.63, 3.8) is 0 Å². The van der Waals surface area contributed by atoms with Crippen molar-refractivity contribution in [2.24, 2.45) is 0 Å². The van der Waals surface area contributed by atoms with E-state index < -0.39 is 9.76 Å². The minimum atomic E-state index is -0.601. The summed E-state index contributed by atoms with van der Waals surface area (Å²) in [7, 11) is -0.601. The first-order valence-corrected chi connectivity index (χ1v) is 6.14. The lowest BCUT2D eigenvalue weighted by Crippen LogP contribution is -2.09. The van der Waals surface area contributed by atoms with E-state index >= 15 is 0 Å². The molecule has 0 N–H and O–H groups in total. The molecule has 0 fully saturated rings. The largest absolute Gasteiger partial charge is 0.524 e. The van der Waals surface area contributed by atoms with Gasteiger partial charge in [-0.3, -0.25) is 4.79 Å². The van der Waals surface area contributed by atoms with Gasteiger partial charge < -0.3 is 4.43 Å². The monoisotopic (exact) mass is 194 g/mol. The van der Waals surface area contributed by atoms with Gasteiger partial charge in [-0.2, -0.15) is 0 Å². The Hall–Kier alpha value is -0.0231. The van der Waals surface area contributed by atoms with Crippen molar-refractivity contribution in [1.29, 1.82) is 0 Å². The lowest BCUT2D eigenvalue weighted by molar-refractivity contribution is -0.131. The van der Waals surface area contributed by atoms with Gasteiger partial charge in [-0.15, -0.1) is 11.6 Å². The average Bonchev–Trinajstić information content (AvgIpc) is 2.04. The SMILES string of the molecule is CCCCC[SiH2]OC(=O)CCl. The first-order valence-electron chi connectivity index (χ1n) is 4.02. The van der Waals surface area contributed by atoms with Crippen molar-refractivity contribution in [3.8, 4) is 0 Å². The molecule has 0 saturated carbocycles. The topological polar surface area (TPSA) is 26.3 Å². The Morgan fingerprint density at radius 2 is 2.27 bits per heavy atom. The highest BCUT2D eigenvalue weighted by Crippen LogP contribution is 1.98. The molecule has 0 saturated heterocycles. The van der Waals surface area contributed by atoms with Crippen LogP contribution in [0.3, 0.4) is 0 Å². The van der Waals surface area contributed by atoms with Crippen molar-refractivity contribution in [1.82, 2.24) is 0 Å². The third-order valence-electron chi connectivity index (χ3n) is 1.37. The fourth-order valence-electron chi connectivity index (χ4n) is 0.753. The van der Waals surface area contributed by atoms with Crippen LogP contribution in [0.15, 0.2) is 0 Å². The van der Waals surface area contributed by atoms with E-state index in [4.69, 9.17) is 16.0 Å². The maximum absolute atomic E-state index is 10.5. The third-order valence-corrected chi connectivity index (χ3v) is 2.90. The van der Waals surface area contributed by atoms with Crippen LogP contribution < -0.4 is 0 Å². The van der Waals surface area contributed by atoms with Crippen LogP contribution in [0.25, 0.3) is 0 Å². The molecule has 0 heterocycles. The number of carbonyl (C=O) groups is 1. The van der Waals surface area contributed by atoms with E-state index in [0.29, 0.717) is 0 Å². The normalized spacial score (nSPS) is 10.7. The lowest BCUT2D eigenvalue weighted by atomic mass is 10.3.